The first-order valence-corrected chi connectivity index (χ1v) is 27.8. The Bertz CT molecular complexity index is 2720. The largest absolute Gasteiger partial charge is 0.455 e. The molecule has 7 rings (SSSR count). The van der Waals surface area contributed by atoms with Crippen molar-refractivity contribution in [3.05, 3.63) is 83.2 Å². The van der Waals surface area contributed by atoms with Crippen LogP contribution in [-0.2, 0) is 70.1 Å². The molecule has 444 valence electrons. The van der Waals surface area contributed by atoms with Gasteiger partial charge in [-0.1, -0.05) is 74.4 Å². The van der Waals surface area contributed by atoms with Crippen LogP contribution < -0.4 is 10.6 Å². The number of unbranched alkanes of at least 4 members (excludes halogenated alkanes) is 3. The number of ether oxygens (including phenoxy) is 7. The van der Waals surface area contributed by atoms with Gasteiger partial charge in [-0.15, -0.1) is 5.10 Å². The van der Waals surface area contributed by atoms with Crippen molar-refractivity contribution >= 4 is 41.7 Å². The smallest absolute Gasteiger partial charge is 0.408 e. The molecule has 4 aliphatic carbocycles. The number of carbonyl (C=O) groups excluding carboxylic acids is 7. The molecule has 6 N–H and O–H groups in total. The van der Waals surface area contributed by atoms with Gasteiger partial charge in [0.1, 0.15) is 48.8 Å². The van der Waals surface area contributed by atoms with Crippen molar-refractivity contribution in [2.75, 3.05) is 33.0 Å². The Labute approximate surface area is 471 Å². The van der Waals surface area contributed by atoms with Crippen LogP contribution in [0.1, 0.15) is 123 Å². The first-order chi connectivity index (χ1) is 38.3. The molecule has 1 aromatic carbocycles. The lowest BCUT2D eigenvalue weighted by molar-refractivity contribution is -0.346. The summed E-state index contributed by atoms with van der Waals surface area (Å²) in [5.74, 6) is -8.05. The average Bonchev–Trinajstić information content (AvgIpc) is 4.02. The number of aliphatic hydroxyl groups excluding tert-OH is 3. The summed E-state index contributed by atoms with van der Waals surface area (Å²) in [6.45, 7) is 11.3. The molecular formula is C58H79N5O18. The number of carbonyl (C=O) groups is 7. The van der Waals surface area contributed by atoms with Crippen LogP contribution in [-0.4, -0.2) is 170 Å². The van der Waals surface area contributed by atoms with Gasteiger partial charge in [0.25, 0.3) is 0 Å². The highest BCUT2D eigenvalue weighted by Crippen LogP contribution is 2.64. The molecule has 2 heterocycles. The highest BCUT2D eigenvalue weighted by atomic mass is 16.6. The SMILES string of the molecule is CC(=O)O[C@@]12CO[C@@H]1C[C@H](O)[C@@]1(C)C(=O)[C@H](O)C3=C(C)[C@@H](OC(=O)[C@H](OC(=O)COCC(=O)NCCCc4cn(CCCCCCO)nn4)[C@@H](NC(=O)OC(C)(C)C)C4C=CC=CC4)C[C@@](O)([C@@H](OC(=O)c4ccccc4)[C@H]21)C3(C)C. The maximum absolute atomic E-state index is 15.3. The van der Waals surface area contributed by atoms with Gasteiger partial charge in [0, 0.05) is 57.0 Å². The molecule has 81 heavy (non-hydrogen) atoms. The molecule has 1 aromatic heterocycles. The number of amides is 2. The first-order valence-electron chi connectivity index (χ1n) is 27.8. The Morgan fingerprint density at radius 3 is 2.35 bits per heavy atom. The summed E-state index contributed by atoms with van der Waals surface area (Å²) >= 11 is 0. The number of fused-ring (bicyclic) bond motifs is 5. The quantitative estimate of drug-likeness (QED) is 0.0401. The number of benzene rings is 1. The van der Waals surface area contributed by atoms with Crippen LogP contribution >= 0.6 is 0 Å². The number of ketones is 1. The van der Waals surface area contributed by atoms with E-state index in [2.05, 4.69) is 20.9 Å². The van der Waals surface area contributed by atoms with Crippen LogP contribution in [0.3, 0.4) is 0 Å². The van der Waals surface area contributed by atoms with Gasteiger partial charge in [-0.05, 0) is 90.0 Å². The van der Waals surface area contributed by atoms with Gasteiger partial charge in [0.05, 0.1) is 41.3 Å². The van der Waals surface area contributed by atoms with Gasteiger partial charge in [-0.25, -0.2) is 19.2 Å². The summed E-state index contributed by atoms with van der Waals surface area (Å²) < 4.78 is 43.4. The molecule has 0 radical (unpaired) electrons. The Balaban J connectivity index is 1.17. The Morgan fingerprint density at radius 2 is 1.69 bits per heavy atom. The number of hydrogen-bond acceptors (Lipinski definition) is 20. The zero-order valence-electron chi connectivity index (χ0n) is 47.4. The number of Topliss-reactive ketones (excluding diaryl/α,β-unsaturated/α-hetero) is 1. The monoisotopic (exact) mass is 1130 g/mol. The summed E-state index contributed by atoms with van der Waals surface area (Å²) in [6.07, 6.45) is 1.44. The van der Waals surface area contributed by atoms with Crippen LogP contribution in [0.5, 0.6) is 0 Å². The number of alkyl carbamates (subject to hydrolysis) is 1. The number of rotatable bonds is 23. The molecule has 2 amide bonds. The maximum Gasteiger partial charge on any atom is 0.408 e. The third-order valence-corrected chi connectivity index (χ3v) is 16.4. The second-order valence-electron chi connectivity index (χ2n) is 23.4. The average molecular weight is 1130 g/mol. The molecule has 3 fully saturated rings. The van der Waals surface area contributed by atoms with E-state index in [0.717, 1.165) is 38.3 Å². The van der Waals surface area contributed by atoms with E-state index >= 15 is 9.59 Å². The second kappa shape index (κ2) is 25.8. The predicted octanol–water partition coefficient (Wildman–Crippen LogP) is 3.48. The topological polar surface area (TPSA) is 320 Å². The highest BCUT2D eigenvalue weighted by molar-refractivity contribution is 5.94. The summed E-state index contributed by atoms with van der Waals surface area (Å²) in [4.78, 5) is 98.4. The van der Waals surface area contributed by atoms with E-state index in [4.69, 9.17) is 38.3 Å². The van der Waals surface area contributed by atoms with E-state index in [0.29, 0.717) is 19.4 Å². The molecule has 23 heteroatoms. The third-order valence-electron chi connectivity index (χ3n) is 16.4. The fourth-order valence-electron chi connectivity index (χ4n) is 12.2. The number of aromatic nitrogens is 3. The van der Waals surface area contributed by atoms with Gasteiger partial charge >= 0.3 is 30.0 Å². The molecule has 2 saturated carbocycles. The molecule has 1 unspecified atom stereocenters. The molecule has 1 aliphatic heterocycles. The highest BCUT2D eigenvalue weighted by Gasteiger charge is 2.78. The molecule has 12 atom stereocenters. The van der Waals surface area contributed by atoms with Crippen LogP contribution in [0.2, 0.25) is 0 Å². The maximum atomic E-state index is 15.3. The third kappa shape index (κ3) is 13.6. The van der Waals surface area contributed by atoms with Crippen molar-refractivity contribution < 1.29 is 87.1 Å². The Morgan fingerprint density at radius 1 is 0.963 bits per heavy atom. The summed E-state index contributed by atoms with van der Waals surface area (Å²) in [5.41, 5.74) is -8.39. The molecule has 2 bridgehead atoms. The molecular weight excluding hydrogens is 1050 g/mol. The lowest BCUT2D eigenvalue weighted by Crippen LogP contribution is -2.81. The van der Waals surface area contributed by atoms with Gasteiger partial charge in [0.2, 0.25) is 12.0 Å². The summed E-state index contributed by atoms with van der Waals surface area (Å²) in [7, 11) is 0. The lowest BCUT2D eigenvalue weighted by atomic mass is 9.44. The van der Waals surface area contributed by atoms with E-state index in [9.17, 15) is 39.3 Å². The zero-order chi connectivity index (χ0) is 59.1. The molecule has 1 saturated heterocycles. The number of hydrogen-bond donors (Lipinski definition) is 6. The van der Waals surface area contributed by atoms with E-state index in [-0.39, 0.29) is 49.3 Å². The number of esters is 4. The van der Waals surface area contributed by atoms with Crippen molar-refractivity contribution in [1.29, 1.82) is 0 Å². The van der Waals surface area contributed by atoms with Crippen LogP contribution in [0.15, 0.2) is 72.0 Å². The Hall–Kier alpha value is -6.37. The van der Waals surface area contributed by atoms with Gasteiger partial charge in [-0.2, -0.15) is 0 Å². The fraction of sp³-hybridized carbons (Fsp3) is 0.638. The van der Waals surface area contributed by atoms with Crippen molar-refractivity contribution in [3.63, 3.8) is 0 Å². The minimum atomic E-state index is -2.47. The van der Waals surface area contributed by atoms with Gasteiger partial charge in [0.15, 0.2) is 11.4 Å². The van der Waals surface area contributed by atoms with Crippen molar-refractivity contribution in [3.8, 4) is 0 Å². The second-order valence-corrected chi connectivity index (χ2v) is 23.4. The van der Waals surface area contributed by atoms with Crippen LogP contribution in [0.25, 0.3) is 0 Å². The molecule has 5 aliphatic rings. The Kier molecular flexibility index (Phi) is 19.8. The number of aliphatic hydroxyl groups is 4. The van der Waals surface area contributed by atoms with E-state index in [1.807, 2.05) is 6.20 Å². The zero-order valence-corrected chi connectivity index (χ0v) is 47.4. The standard InChI is InChI=1S/C58H79N5O18/c1-34-39(29-58(74)50(79-51(71)37-22-15-12-16-23-37)48-56(8,49(70)46(69)44(34)55(58,6)7)40(66)28-41-57(48,33-76-41)80-35(2)65)77-52(72)47(45(36-20-13-11-14-21-36)60-53(73)81-54(3,4)5)78-43(68)32-75-31-42(67)59-25-19-24-38-30-63(62-61-38)26-17-9-10-18-27-64/h11-16,20,22-23,30,36,39-41,45-48,50,64,66,69,74H,9-10,17-19,21,24-29,31-33H2,1-8H3,(H,59,67)(H,60,73)/t36?,39-,40-,41+,45-,46+,47+,48-,50-,56+,57-,58+/m0/s1. The van der Waals surface area contributed by atoms with Crippen molar-refractivity contribution in [2.45, 2.75) is 179 Å². The number of nitrogens with one attached hydrogen (secondary N) is 2. The van der Waals surface area contributed by atoms with Crippen LogP contribution in [0.4, 0.5) is 4.79 Å². The summed E-state index contributed by atoms with van der Waals surface area (Å²) in [6, 6.07) is 6.36. The molecule has 2 aromatic rings. The summed E-state index contributed by atoms with van der Waals surface area (Å²) in [5, 5.41) is 61.1. The van der Waals surface area contributed by atoms with Gasteiger partial charge in [-0.3, -0.25) is 19.1 Å². The van der Waals surface area contributed by atoms with Crippen molar-refractivity contribution in [1.82, 2.24) is 25.6 Å². The van der Waals surface area contributed by atoms with Crippen LogP contribution in [0, 0.1) is 22.7 Å². The normalized spacial score (nSPS) is 29.0. The minimum absolute atomic E-state index is 0.0371. The van der Waals surface area contributed by atoms with E-state index < -0.39 is 143 Å². The van der Waals surface area contributed by atoms with E-state index in [1.54, 1.807) is 68.0 Å². The molecule has 0 spiro atoms. The van der Waals surface area contributed by atoms with E-state index in [1.165, 1.54) is 39.8 Å². The van der Waals surface area contributed by atoms with Crippen molar-refractivity contribution in [2.24, 2.45) is 22.7 Å². The predicted molar refractivity (Wildman–Crippen MR) is 286 cm³/mol. The number of aryl methyl sites for hydroxylation is 2. The minimum Gasteiger partial charge on any atom is -0.455 e. The fourth-order valence-corrected chi connectivity index (χ4v) is 12.2. The molecule has 23 nitrogen and oxygen atoms in total. The number of nitrogens with zero attached hydrogens (tertiary/aromatic N) is 3. The number of allylic oxidation sites excluding steroid dienone is 3. The lowest BCUT2D eigenvalue weighted by Gasteiger charge is -2.67. The van der Waals surface area contributed by atoms with Gasteiger partial charge < -0.3 is 64.2 Å². The first kappa shape index (κ1) is 62.2.